The third-order valence-corrected chi connectivity index (χ3v) is 3.14. The summed E-state index contributed by atoms with van der Waals surface area (Å²) in [7, 11) is 0. The van der Waals surface area contributed by atoms with E-state index in [9.17, 15) is 5.11 Å². The Balaban J connectivity index is 1.64. The van der Waals surface area contributed by atoms with Crippen LogP contribution in [0.4, 0.5) is 0 Å². The standard InChI is InChI=1S/C10H19NO/c12-10(7-11-9-5-6-9)8-3-1-2-4-8/h8-12H,1-7H2. The highest BCUT2D eigenvalue weighted by Gasteiger charge is 2.26. The second-order valence-corrected chi connectivity index (χ2v) is 4.29. The molecule has 2 aliphatic carbocycles. The fraction of sp³-hybridized carbons (Fsp3) is 1.00. The van der Waals surface area contributed by atoms with Gasteiger partial charge in [-0.05, 0) is 31.6 Å². The van der Waals surface area contributed by atoms with Gasteiger partial charge in [0.15, 0.2) is 0 Å². The van der Waals surface area contributed by atoms with Gasteiger partial charge in [0.05, 0.1) is 6.10 Å². The Bertz CT molecular complexity index is 139. The molecule has 2 heteroatoms. The number of nitrogens with one attached hydrogen (secondary N) is 1. The molecule has 0 radical (unpaired) electrons. The number of hydrogen-bond acceptors (Lipinski definition) is 2. The van der Waals surface area contributed by atoms with Crippen LogP contribution in [0.2, 0.25) is 0 Å². The topological polar surface area (TPSA) is 32.3 Å². The van der Waals surface area contributed by atoms with Gasteiger partial charge >= 0.3 is 0 Å². The summed E-state index contributed by atoms with van der Waals surface area (Å²) in [6, 6.07) is 0.737. The van der Waals surface area contributed by atoms with Crippen LogP contribution < -0.4 is 5.32 Å². The summed E-state index contributed by atoms with van der Waals surface area (Å²) in [5.41, 5.74) is 0. The van der Waals surface area contributed by atoms with Crippen LogP contribution in [-0.4, -0.2) is 23.8 Å². The van der Waals surface area contributed by atoms with Gasteiger partial charge in [-0.25, -0.2) is 0 Å². The molecular formula is C10H19NO. The lowest BCUT2D eigenvalue weighted by atomic mass is 10.0. The molecule has 70 valence electrons. The maximum absolute atomic E-state index is 9.76. The molecule has 2 saturated carbocycles. The molecule has 2 N–H and O–H groups in total. The van der Waals surface area contributed by atoms with E-state index in [0.29, 0.717) is 5.92 Å². The van der Waals surface area contributed by atoms with Crippen LogP contribution in [0.15, 0.2) is 0 Å². The molecule has 2 fully saturated rings. The van der Waals surface area contributed by atoms with E-state index in [1.807, 2.05) is 0 Å². The molecule has 12 heavy (non-hydrogen) atoms. The summed E-state index contributed by atoms with van der Waals surface area (Å²) in [4.78, 5) is 0. The maximum atomic E-state index is 9.76. The van der Waals surface area contributed by atoms with Crippen LogP contribution in [0.3, 0.4) is 0 Å². The molecule has 2 rings (SSSR count). The highest BCUT2D eigenvalue weighted by atomic mass is 16.3. The van der Waals surface area contributed by atoms with E-state index in [0.717, 1.165) is 12.6 Å². The Labute approximate surface area is 74.4 Å². The summed E-state index contributed by atoms with van der Waals surface area (Å²) in [5, 5.41) is 13.1. The number of hydrogen-bond donors (Lipinski definition) is 2. The van der Waals surface area contributed by atoms with Crippen LogP contribution >= 0.6 is 0 Å². The Kier molecular flexibility index (Phi) is 2.66. The summed E-state index contributed by atoms with van der Waals surface area (Å²) in [5.74, 6) is 0.594. The molecule has 0 aromatic rings. The summed E-state index contributed by atoms with van der Waals surface area (Å²) in [6.45, 7) is 0.829. The third-order valence-electron chi connectivity index (χ3n) is 3.14. The smallest absolute Gasteiger partial charge is 0.0692 e. The van der Waals surface area contributed by atoms with Crippen molar-refractivity contribution in [3.05, 3.63) is 0 Å². The lowest BCUT2D eigenvalue weighted by molar-refractivity contribution is 0.109. The van der Waals surface area contributed by atoms with Gasteiger partial charge in [0.1, 0.15) is 0 Å². The third kappa shape index (κ3) is 2.20. The fourth-order valence-corrected chi connectivity index (χ4v) is 2.08. The second kappa shape index (κ2) is 3.75. The van der Waals surface area contributed by atoms with Crippen molar-refractivity contribution in [3.63, 3.8) is 0 Å². The molecule has 0 aromatic heterocycles. The van der Waals surface area contributed by atoms with Crippen molar-refractivity contribution >= 4 is 0 Å². The van der Waals surface area contributed by atoms with Crippen molar-refractivity contribution in [2.45, 2.75) is 50.7 Å². The van der Waals surface area contributed by atoms with Crippen molar-refractivity contribution in [2.24, 2.45) is 5.92 Å². The van der Waals surface area contributed by atoms with Gasteiger partial charge in [0, 0.05) is 12.6 Å². The fourth-order valence-electron chi connectivity index (χ4n) is 2.08. The van der Waals surface area contributed by atoms with Crippen LogP contribution in [0.5, 0.6) is 0 Å². The molecule has 0 spiro atoms. The van der Waals surface area contributed by atoms with Gasteiger partial charge in [-0.3, -0.25) is 0 Å². The first-order chi connectivity index (χ1) is 5.86. The molecule has 0 aromatic carbocycles. The Morgan fingerprint density at radius 1 is 1.17 bits per heavy atom. The molecule has 0 heterocycles. The van der Waals surface area contributed by atoms with E-state index in [1.54, 1.807) is 0 Å². The van der Waals surface area contributed by atoms with E-state index in [2.05, 4.69) is 5.32 Å². The number of rotatable bonds is 4. The van der Waals surface area contributed by atoms with Crippen LogP contribution in [0.1, 0.15) is 38.5 Å². The minimum atomic E-state index is -0.0758. The lowest BCUT2D eigenvalue weighted by Crippen LogP contribution is -2.32. The highest BCUT2D eigenvalue weighted by molar-refractivity contribution is 4.84. The summed E-state index contributed by atoms with van der Waals surface area (Å²) < 4.78 is 0. The largest absolute Gasteiger partial charge is 0.392 e. The molecule has 0 saturated heterocycles. The zero-order valence-corrected chi connectivity index (χ0v) is 7.63. The number of aliphatic hydroxyl groups excluding tert-OH is 1. The molecule has 0 amide bonds. The molecule has 1 atom stereocenters. The van der Waals surface area contributed by atoms with E-state index in [1.165, 1.54) is 38.5 Å². The van der Waals surface area contributed by atoms with Crippen LogP contribution in [0, 0.1) is 5.92 Å². The minimum Gasteiger partial charge on any atom is -0.392 e. The first kappa shape index (κ1) is 8.52. The average Bonchev–Trinajstić information content (AvgIpc) is 2.74. The zero-order valence-electron chi connectivity index (χ0n) is 7.63. The summed E-state index contributed by atoms with van der Waals surface area (Å²) >= 11 is 0. The van der Waals surface area contributed by atoms with Gasteiger partial charge in [-0.15, -0.1) is 0 Å². The number of aliphatic hydroxyl groups is 1. The predicted molar refractivity (Wildman–Crippen MR) is 49.0 cm³/mol. The quantitative estimate of drug-likeness (QED) is 0.664. The lowest BCUT2D eigenvalue weighted by Gasteiger charge is -2.17. The van der Waals surface area contributed by atoms with Gasteiger partial charge < -0.3 is 10.4 Å². The SMILES string of the molecule is OC(CNC1CC1)C1CCCC1. The zero-order chi connectivity index (χ0) is 8.39. The van der Waals surface area contributed by atoms with Crippen molar-refractivity contribution in [2.75, 3.05) is 6.54 Å². The second-order valence-electron chi connectivity index (χ2n) is 4.29. The van der Waals surface area contributed by atoms with Gasteiger partial charge in [0.25, 0.3) is 0 Å². The van der Waals surface area contributed by atoms with Gasteiger partial charge in [-0.2, -0.15) is 0 Å². The first-order valence-electron chi connectivity index (χ1n) is 5.28. The van der Waals surface area contributed by atoms with E-state index in [4.69, 9.17) is 0 Å². The Hall–Kier alpha value is -0.0800. The van der Waals surface area contributed by atoms with Crippen molar-refractivity contribution < 1.29 is 5.11 Å². The molecule has 0 aliphatic heterocycles. The van der Waals surface area contributed by atoms with Crippen molar-refractivity contribution in [1.29, 1.82) is 0 Å². The Morgan fingerprint density at radius 3 is 2.42 bits per heavy atom. The first-order valence-corrected chi connectivity index (χ1v) is 5.28. The molecule has 1 unspecified atom stereocenters. The van der Waals surface area contributed by atoms with Crippen molar-refractivity contribution in [3.8, 4) is 0 Å². The normalized spacial score (nSPS) is 27.8. The van der Waals surface area contributed by atoms with Gasteiger partial charge in [-0.1, -0.05) is 12.8 Å². The molecule has 0 bridgehead atoms. The minimum absolute atomic E-state index is 0.0758. The predicted octanol–water partition coefficient (Wildman–Crippen LogP) is 1.29. The molecule has 2 nitrogen and oxygen atoms in total. The van der Waals surface area contributed by atoms with Crippen LogP contribution in [-0.2, 0) is 0 Å². The Morgan fingerprint density at radius 2 is 1.83 bits per heavy atom. The molecule has 2 aliphatic rings. The van der Waals surface area contributed by atoms with Gasteiger partial charge in [0.2, 0.25) is 0 Å². The van der Waals surface area contributed by atoms with E-state index < -0.39 is 0 Å². The van der Waals surface area contributed by atoms with Crippen molar-refractivity contribution in [1.82, 2.24) is 5.32 Å². The van der Waals surface area contributed by atoms with E-state index >= 15 is 0 Å². The highest BCUT2D eigenvalue weighted by Crippen LogP contribution is 2.28. The monoisotopic (exact) mass is 169 g/mol. The van der Waals surface area contributed by atoms with Crippen LogP contribution in [0.25, 0.3) is 0 Å². The molecular weight excluding hydrogens is 150 g/mol. The maximum Gasteiger partial charge on any atom is 0.0692 e. The average molecular weight is 169 g/mol. The summed E-state index contributed by atoms with van der Waals surface area (Å²) in [6.07, 6.45) is 7.69. The van der Waals surface area contributed by atoms with E-state index in [-0.39, 0.29) is 6.10 Å².